The third-order valence-electron chi connectivity index (χ3n) is 4.35. The van der Waals surface area contributed by atoms with Gasteiger partial charge in [0, 0.05) is 38.0 Å². The Labute approximate surface area is 173 Å². The highest BCUT2D eigenvalue weighted by Gasteiger charge is 2.19. The first kappa shape index (κ1) is 18.9. The van der Waals surface area contributed by atoms with E-state index in [4.69, 9.17) is 11.6 Å². The Hall–Kier alpha value is -2.39. The van der Waals surface area contributed by atoms with Crippen LogP contribution >= 0.6 is 23.4 Å². The third-order valence-corrected chi connectivity index (χ3v) is 5.52. The van der Waals surface area contributed by atoms with Gasteiger partial charge in [0.2, 0.25) is 17.1 Å². The van der Waals surface area contributed by atoms with Crippen molar-refractivity contribution in [1.29, 1.82) is 0 Å². The van der Waals surface area contributed by atoms with Crippen LogP contribution in [0.1, 0.15) is 18.4 Å². The molecule has 1 aromatic carbocycles. The molecule has 0 saturated carbocycles. The molecule has 1 fully saturated rings. The fourth-order valence-corrected chi connectivity index (χ4v) is 3.72. The van der Waals surface area contributed by atoms with Crippen LogP contribution in [0.25, 0.3) is 5.95 Å². The summed E-state index contributed by atoms with van der Waals surface area (Å²) in [5.41, 5.74) is 1.16. The van der Waals surface area contributed by atoms with Crippen molar-refractivity contribution < 1.29 is 0 Å². The maximum absolute atomic E-state index is 5.93. The average Bonchev–Trinajstić information content (AvgIpc) is 3.39. The van der Waals surface area contributed by atoms with Crippen LogP contribution < -0.4 is 9.80 Å². The number of rotatable bonds is 6. The minimum absolute atomic E-state index is 0.478. The van der Waals surface area contributed by atoms with E-state index in [1.54, 1.807) is 22.8 Å². The van der Waals surface area contributed by atoms with Gasteiger partial charge in [-0.2, -0.15) is 19.6 Å². The van der Waals surface area contributed by atoms with E-state index < -0.39 is 0 Å². The fourth-order valence-electron chi connectivity index (χ4n) is 2.84. The molecule has 0 atom stereocenters. The van der Waals surface area contributed by atoms with Gasteiger partial charge < -0.3 is 9.80 Å². The number of halogens is 1. The zero-order valence-corrected chi connectivity index (χ0v) is 17.4. The second kappa shape index (κ2) is 8.32. The zero-order valence-electron chi connectivity index (χ0n) is 15.8. The van der Waals surface area contributed by atoms with Crippen LogP contribution in [0.15, 0.2) is 35.7 Å². The maximum atomic E-state index is 5.93. The average molecular weight is 417 g/mol. The quantitative estimate of drug-likeness (QED) is 0.567. The molecule has 1 saturated heterocycles. The SMILES string of the molecule is CN(C)c1nc(N2CCCC2)nc(-n2cnc(SCc3ccc(Cl)cc3)n2)n1. The van der Waals surface area contributed by atoms with Crippen LogP contribution in [0.3, 0.4) is 0 Å². The highest BCUT2D eigenvalue weighted by atomic mass is 35.5. The molecule has 146 valence electrons. The van der Waals surface area contributed by atoms with Gasteiger partial charge in [0.15, 0.2) is 0 Å². The maximum Gasteiger partial charge on any atom is 0.258 e. The van der Waals surface area contributed by atoms with E-state index in [1.165, 1.54) is 0 Å². The minimum Gasteiger partial charge on any atom is -0.347 e. The monoisotopic (exact) mass is 416 g/mol. The number of anilines is 2. The van der Waals surface area contributed by atoms with Crippen LogP contribution in [-0.2, 0) is 5.75 Å². The number of aromatic nitrogens is 6. The van der Waals surface area contributed by atoms with Gasteiger partial charge in [-0.15, -0.1) is 5.10 Å². The Morgan fingerprint density at radius 2 is 1.75 bits per heavy atom. The van der Waals surface area contributed by atoms with Gasteiger partial charge in [-0.3, -0.25) is 0 Å². The van der Waals surface area contributed by atoms with Crippen molar-refractivity contribution in [2.24, 2.45) is 0 Å². The highest BCUT2D eigenvalue weighted by Crippen LogP contribution is 2.22. The van der Waals surface area contributed by atoms with Crippen molar-refractivity contribution >= 4 is 35.3 Å². The van der Waals surface area contributed by atoms with Crippen molar-refractivity contribution in [3.63, 3.8) is 0 Å². The molecule has 0 radical (unpaired) electrons. The van der Waals surface area contributed by atoms with Crippen LogP contribution in [0, 0.1) is 0 Å². The summed E-state index contributed by atoms with van der Waals surface area (Å²) in [7, 11) is 3.84. The number of benzene rings is 1. The highest BCUT2D eigenvalue weighted by molar-refractivity contribution is 7.98. The van der Waals surface area contributed by atoms with Gasteiger partial charge in [-0.25, -0.2) is 4.98 Å². The van der Waals surface area contributed by atoms with Gasteiger partial charge in [-0.1, -0.05) is 35.5 Å². The molecule has 2 aromatic heterocycles. The molecule has 1 aliphatic rings. The van der Waals surface area contributed by atoms with E-state index in [9.17, 15) is 0 Å². The summed E-state index contributed by atoms with van der Waals surface area (Å²) in [6.07, 6.45) is 3.97. The molecule has 0 aliphatic carbocycles. The first-order chi connectivity index (χ1) is 13.6. The first-order valence-electron chi connectivity index (χ1n) is 9.06. The number of thioether (sulfide) groups is 1. The zero-order chi connectivity index (χ0) is 19.5. The van der Waals surface area contributed by atoms with Crippen LogP contribution in [0.5, 0.6) is 0 Å². The molecular weight excluding hydrogens is 396 g/mol. The molecule has 0 N–H and O–H groups in total. The van der Waals surface area contributed by atoms with E-state index in [1.807, 2.05) is 43.3 Å². The predicted octanol–water partition coefficient (Wildman–Crippen LogP) is 3.06. The summed E-state index contributed by atoms with van der Waals surface area (Å²) in [4.78, 5) is 22.2. The van der Waals surface area contributed by atoms with E-state index in [0.717, 1.165) is 42.3 Å². The summed E-state index contributed by atoms with van der Waals surface area (Å²) < 4.78 is 1.61. The Kier molecular flexibility index (Phi) is 5.63. The van der Waals surface area contributed by atoms with Gasteiger partial charge in [0.05, 0.1) is 0 Å². The molecule has 4 rings (SSSR count). The fraction of sp³-hybridized carbons (Fsp3) is 0.389. The summed E-state index contributed by atoms with van der Waals surface area (Å²) in [5, 5.41) is 5.94. The molecule has 0 amide bonds. The van der Waals surface area contributed by atoms with Crippen molar-refractivity contribution in [2.75, 3.05) is 37.0 Å². The Morgan fingerprint density at radius 1 is 1.04 bits per heavy atom. The molecule has 0 unspecified atom stereocenters. The third kappa shape index (κ3) is 4.36. The predicted molar refractivity (Wildman–Crippen MR) is 112 cm³/mol. The Morgan fingerprint density at radius 3 is 2.46 bits per heavy atom. The van der Waals surface area contributed by atoms with Gasteiger partial charge in [-0.05, 0) is 30.5 Å². The van der Waals surface area contributed by atoms with Crippen molar-refractivity contribution in [3.05, 3.63) is 41.2 Å². The van der Waals surface area contributed by atoms with E-state index >= 15 is 0 Å². The summed E-state index contributed by atoms with van der Waals surface area (Å²) in [5.74, 6) is 2.54. The first-order valence-corrected chi connectivity index (χ1v) is 10.4. The van der Waals surface area contributed by atoms with Crippen LogP contribution in [-0.4, -0.2) is 56.9 Å². The Balaban J connectivity index is 1.54. The van der Waals surface area contributed by atoms with E-state index in [-0.39, 0.29) is 0 Å². The molecule has 8 nitrogen and oxygen atoms in total. The lowest BCUT2D eigenvalue weighted by molar-refractivity contribution is 0.752. The van der Waals surface area contributed by atoms with Crippen molar-refractivity contribution in [2.45, 2.75) is 23.8 Å². The summed E-state index contributed by atoms with van der Waals surface area (Å²) in [6, 6.07) is 7.78. The molecule has 3 heterocycles. The molecule has 0 spiro atoms. The Bertz CT molecular complexity index is 937. The minimum atomic E-state index is 0.478. The second-order valence-electron chi connectivity index (χ2n) is 6.71. The molecule has 10 heteroatoms. The lowest BCUT2D eigenvalue weighted by Gasteiger charge is -2.18. The topological polar surface area (TPSA) is 75.9 Å². The van der Waals surface area contributed by atoms with Gasteiger partial charge in [0.1, 0.15) is 6.33 Å². The van der Waals surface area contributed by atoms with Gasteiger partial charge in [0.25, 0.3) is 5.95 Å². The second-order valence-corrected chi connectivity index (χ2v) is 8.09. The van der Waals surface area contributed by atoms with Crippen molar-refractivity contribution in [1.82, 2.24) is 29.7 Å². The summed E-state index contributed by atoms with van der Waals surface area (Å²) >= 11 is 7.49. The van der Waals surface area contributed by atoms with Crippen LogP contribution in [0.2, 0.25) is 5.02 Å². The van der Waals surface area contributed by atoms with Crippen molar-refractivity contribution in [3.8, 4) is 5.95 Å². The number of hydrogen-bond donors (Lipinski definition) is 0. The molecule has 28 heavy (non-hydrogen) atoms. The van der Waals surface area contributed by atoms with Gasteiger partial charge >= 0.3 is 0 Å². The van der Waals surface area contributed by atoms with Crippen LogP contribution in [0.4, 0.5) is 11.9 Å². The smallest absolute Gasteiger partial charge is 0.258 e. The van der Waals surface area contributed by atoms with E-state index in [0.29, 0.717) is 23.0 Å². The molecular formula is C18H21ClN8S. The largest absolute Gasteiger partial charge is 0.347 e. The normalized spacial score (nSPS) is 13.9. The lowest BCUT2D eigenvalue weighted by atomic mass is 10.2. The number of nitrogens with zero attached hydrogens (tertiary/aromatic N) is 8. The molecule has 0 bridgehead atoms. The standard InChI is InChI=1S/C18H21ClN8S/c1-25(2)15-21-16(26-9-3-4-10-26)23-17(22-15)27-12-20-18(24-27)28-11-13-5-7-14(19)8-6-13/h5-8,12H,3-4,9-11H2,1-2H3. The summed E-state index contributed by atoms with van der Waals surface area (Å²) in [6.45, 7) is 1.94. The molecule has 3 aromatic rings. The number of hydrogen-bond acceptors (Lipinski definition) is 8. The van der Waals surface area contributed by atoms with E-state index in [2.05, 4.69) is 29.9 Å². The molecule has 1 aliphatic heterocycles. The lowest BCUT2D eigenvalue weighted by Crippen LogP contribution is -2.24.